The molecule has 0 aliphatic carbocycles. The molecule has 2 rings (SSSR count). The lowest BCUT2D eigenvalue weighted by molar-refractivity contribution is -0.131. The third-order valence-corrected chi connectivity index (χ3v) is 5.65. The van der Waals surface area contributed by atoms with Gasteiger partial charge in [-0.1, -0.05) is 0 Å². The summed E-state index contributed by atoms with van der Waals surface area (Å²) in [5, 5.41) is 2.44. The standard InChI is InChI=1S/C16H23N3O6S/c1-18(2)16(21)11-17-15(20)12-25-13-3-5-14(6-4-13)26(22,23)19-7-9-24-10-8-19/h3-6H,7-12H2,1-2H3,(H,17,20). The number of hydrogen-bond acceptors (Lipinski definition) is 6. The lowest BCUT2D eigenvalue weighted by Crippen LogP contribution is -2.40. The van der Waals surface area contributed by atoms with Gasteiger partial charge in [-0.3, -0.25) is 9.59 Å². The highest BCUT2D eigenvalue weighted by Gasteiger charge is 2.26. The van der Waals surface area contributed by atoms with Gasteiger partial charge in [0, 0.05) is 27.2 Å². The molecule has 0 spiro atoms. The Kier molecular flexibility index (Phi) is 6.95. The average molecular weight is 385 g/mol. The largest absolute Gasteiger partial charge is 0.484 e. The van der Waals surface area contributed by atoms with Gasteiger partial charge in [-0.15, -0.1) is 0 Å². The molecule has 0 aromatic heterocycles. The van der Waals surface area contributed by atoms with E-state index in [0.29, 0.717) is 32.1 Å². The van der Waals surface area contributed by atoms with Crippen LogP contribution in [0.1, 0.15) is 0 Å². The summed E-state index contributed by atoms with van der Waals surface area (Å²) in [6, 6.07) is 5.86. The van der Waals surface area contributed by atoms with E-state index in [0.717, 1.165) is 0 Å². The quantitative estimate of drug-likeness (QED) is 0.665. The van der Waals surface area contributed by atoms with E-state index in [-0.39, 0.29) is 24.0 Å². The molecule has 0 atom stereocenters. The number of carbonyl (C=O) groups is 2. The average Bonchev–Trinajstić information content (AvgIpc) is 2.65. The molecule has 1 aromatic rings. The number of ether oxygens (including phenoxy) is 2. The maximum absolute atomic E-state index is 12.5. The van der Waals surface area contributed by atoms with Crippen LogP contribution >= 0.6 is 0 Å². The fraction of sp³-hybridized carbons (Fsp3) is 0.500. The van der Waals surface area contributed by atoms with Crippen LogP contribution in [-0.4, -0.2) is 83.0 Å². The Morgan fingerprint density at radius 2 is 1.81 bits per heavy atom. The van der Waals surface area contributed by atoms with Crippen molar-refractivity contribution in [2.24, 2.45) is 0 Å². The zero-order valence-corrected chi connectivity index (χ0v) is 15.6. The molecule has 1 fully saturated rings. The number of morpholine rings is 1. The molecule has 26 heavy (non-hydrogen) atoms. The maximum atomic E-state index is 12.5. The number of nitrogens with zero attached hydrogens (tertiary/aromatic N) is 2. The topological polar surface area (TPSA) is 105 Å². The van der Waals surface area contributed by atoms with E-state index >= 15 is 0 Å². The molecule has 1 aliphatic heterocycles. The molecule has 1 aromatic carbocycles. The molecule has 2 amide bonds. The zero-order valence-electron chi connectivity index (χ0n) is 14.8. The van der Waals surface area contributed by atoms with E-state index in [2.05, 4.69) is 5.32 Å². The summed E-state index contributed by atoms with van der Waals surface area (Å²) >= 11 is 0. The van der Waals surface area contributed by atoms with Gasteiger partial charge in [-0.25, -0.2) is 8.42 Å². The van der Waals surface area contributed by atoms with Crippen LogP contribution in [0.4, 0.5) is 0 Å². The lowest BCUT2D eigenvalue weighted by atomic mass is 10.3. The molecule has 9 nitrogen and oxygen atoms in total. The first-order valence-corrected chi connectivity index (χ1v) is 9.52. The van der Waals surface area contributed by atoms with Gasteiger partial charge in [0.05, 0.1) is 24.7 Å². The van der Waals surface area contributed by atoms with Crippen molar-refractivity contribution in [2.45, 2.75) is 4.90 Å². The molecule has 1 N–H and O–H groups in total. The first kappa shape index (κ1) is 20.1. The molecule has 1 aliphatic rings. The number of carbonyl (C=O) groups excluding carboxylic acids is 2. The highest BCUT2D eigenvalue weighted by atomic mass is 32.2. The molecule has 144 valence electrons. The summed E-state index contributed by atoms with van der Waals surface area (Å²) in [4.78, 5) is 24.6. The van der Waals surface area contributed by atoms with Gasteiger partial charge in [-0.2, -0.15) is 4.31 Å². The predicted octanol–water partition coefficient (Wildman–Crippen LogP) is -0.709. The normalized spacial score (nSPS) is 15.3. The van der Waals surface area contributed by atoms with Crippen LogP contribution in [0.25, 0.3) is 0 Å². The van der Waals surface area contributed by atoms with Crippen LogP contribution in [0.5, 0.6) is 5.75 Å². The van der Waals surface area contributed by atoms with Crippen LogP contribution in [0, 0.1) is 0 Å². The number of amides is 2. The second-order valence-electron chi connectivity index (χ2n) is 5.84. The number of likely N-dealkylation sites (N-methyl/N-ethyl adjacent to an activating group) is 1. The molecule has 1 heterocycles. The Bertz CT molecular complexity index is 727. The van der Waals surface area contributed by atoms with E-state index in [1.165, 1.54) is 33.5 Å². The molecule has 0 bridgehead atoms. The summed E-state index contributed by atoms with van der Waals surface area (Å²) in [5.41, 5.74) is 0. The molecule has 0 unspecified atom stereocenters. The van der Waals surface area contributed by atoms with Crippen molar-refractivity contribution in [1.82, 2.24) is 14.5 Å². The Labute approximate surface area is 152 Å². The molecule has 0 radical (unpaired) electrons. The second-order valence-corrected chi connectivity index (χ2v) is 7.78. The molecular weight excluding hydrogens is 362 g/mol. The van der Waals surface area contributed by atoms with Gasteiger partial charge in [-0.05, 0) is 24.3 Å². The van der Waals surface area contributed by atoms with Crippen LogP contribution in [0.15, 0.2) is 29.2 Å². The fourth-order valence-electron chi connectivity index (χ4n) is 2.18. The number of sulfonamides is 1. The van der Waals surface area contributed by atoms with Crippen molar-refractivity contribution < 1.29 is 27.5 Å². The number of benzene rings is 1. The van der Waals surface area contributed by atoms with Crippen molar-refractivity contribution in [3.63, 3.8) is 0 Å². The van der Waals surface area contributed by atoms with Gasteiger partial charge in [0.25, 0.3) is 5.91 Å². The molecule has 1 saturated heterocycles. The van der Waals surface area contributed by atoms with Crippen molar-refractivity contribution >= 4 is 21.8 Å². The highest BCUT2D eigenvalue weighted by molar-refractivity contribution is 7.89. The predicted molar refractivity (Wildman–Crippen MR) is 93.2 cm³/mol. The van der Waals surface area contributed by atoms with Gasteiger partial charge < -0.3 is 19.7 Å². The monoisotopic (exact) mass is 385 g/mol. The van der Waals surface area contributed by atoms with E-state index in [1.807, 2.05) is 0 Å². The van der Waals surface area contributed by atoms with Gasteiger partial charge in [0.2, 0.25) is 15.9 Å². The molecule has 10 heteroatoms. The number of hydrogen-bond donors (Lipinski definition) is 1. The van der Waals surface area contributed by atoms with Crippen LogP contribution in [0.2, 0.25) is 0 Å². The smallest absolute Gasteiger partial charge is 0.258 e. The number of rotatable bonds is 7. The fourth-order valence-corrected chi connectivity index (χ4v) is 3.58. The summed E-state index contributed by atoms with van der Waals surface area (Å²) in [6.07, 6.45) is 0. The van der Waals surface area contributed by atoms with E-state index < -0.39 is 15.9 Å². The lowest BCUT2D eigenvalue weighted by Gasteiger charge is -2.26. The SMILES string of the molecule is CN(C)C(=O)CNC(=O)COc1ccc(S(=O)(=O)N2CCOCC2)cc1. The third kappa shape index (κ3) is 5.41. The zero-order chi connectivity index (χ0) is 19.2. The second kappa shape index (κ2) is 8.97. The minimum absolute atomic E-state index is 0.105. The minimum atomic E-state index is -3.56. The van der Waals surface area contributed by atoms with Gasteiger partial charge >= 0.3 is 0 Å². The van der Waals surface area contributed by atoms with Crippen molar-refractivity contribution in [3.05, 3.63) is 24.3 Å². The summed E-state index contributed by atoms with van der Waals surface area (Å²) in [6.45, 7) is 1.04. The van der Waals surface area contributed by atoms with E-state index in [1.54, 1.807) is 14.1 Å². The summed E-state index contributed by atoms with van der Waals surface area (Å²) < 4.78 is 36.8. The number of nitrogens with one attached hydrogen (secondary N) is 1. The Balaban J connectivity index is 1.87. The van der Waals surface area contributed by atoms with Crippen molar-refractivity contribution in [3.8, 4) is 5.75 Å². The van der Waals surface area contributed by atoms with Gasteiger partial charge in [0.15, 0.2) is 6.61 Å². The first-order chi connectivity index (χ1) is 12.3. The minimum Gasteiger partial charge on any atom is -0.484 e. The Morgan fingerprint density at radius 3 is 2.38 bits per heavy atom. The highest BCUT2D eigenvalue weighted by Crippen LogP contribution is 2.20. The van der Waals surface area contributed by atoms with E-state index in [9.17, 15) is 18.0 Å². The summed E-state index contributed by atoms with van der Waals surface area (Å²) in [5.74, 6) is -0.304. The van der Waals surface area contributed by atoms with Gasteiger partial charge in [0.1, 0.15) is 5.75 Å². The van der Waals surface area contributed by atoms with Crippen LogP contribution < -0.4 is 10.1 Å². The Hall–Kier alpha value is -2.17. The van der Waals surface area contributed by atoms with Crippen LogP contribution in [0.3, 0.4) is 0 Å². The van der Waals surface area contributed by atoms with Crippen LogP contribution in [-0.2, 0) is 24.3 Å². The third-order valence-electron chi connectivity index (χ3n) is 3.74. The van der Waals surface area contributed by atoms with Crippen molar-refractivity contribution in [2.75, 3.05) is 53.6 Å². The summed E-state index contributed by atoms with van der Waals surface area (Å²) in [7, 11) is -0.371. The molecular formula is C16H23N3O6S. The van der Waals surface area contributed by atoms with Crippen molar-refractivity contribution in [1.29, 1.82) is 0 Å². The Morgan fingerprint density at radius 1 is 1.19 bits per heavy atom. The van der Waals surface area contributed by atoms with E-state index in [4.69, 9.17) is 9.47 Å². The first-order valence-electron chi connectivity index (χ1n) is 8.08. The maximum Gasteiger partial charge on any atom is 0.258 e. The molecule has 0 saturated carbocycles.